The van der Waals surface area contributed by atoms with E-state index in [2.05, 4.69) is 22.7 Å². The van der Waals surface area contributed by atoms with Crippen molar-refractivity contribution in [2.24, 2.45) is 0 Å². The number of rotatable bonds is 2. The van der Waals surface area contributed by atoms with Crippen LogP contribution in [0, 0.1) is 20.3 Å². The van der Waals surface area contributed by atoms with E-state index < -0.39 is 12.1 Å². The molecule has 0 saturated heterocycles. The highest BCUT2D eigenvalue weighted by molar-refractivity contribution is 7.07. The maximum absolute atomic E-state index is 10.5. The molecule has 0 radical (unpaired) electrons. The Kier molecular flexibility index (Phi) is 5.99. The summed E-state index contributed by atoms with van der Waals surface area (Å²) in [5.41, 5.74) is 1.05. The van der Waals surface area contributed by atoms with Crippen molar-refractivity contribution < 1.29 is 48.8 Å². The zero-order valence-corrected chi connectivity index (χ0v) is 13.3. The molecule has 0 saturated carbocycles. The number of carbonyl (C=O) groups is 1. The molecule has 0 aromatic carbocycles. The lowest BCUT2D eigenvalue weighted by molar-refractivity contribution is -0.593. The van der Waals surface area contributed by atoms with Gasteiger partial charge in [-0.25, -0.2) is 0 Å². The Morgan fingerprint density at radius 3 is 2.40 bits per heavy atom. The van der Waals surface area contributed by atoms with Gasteiger partial charge < -0.3 is 14.4 Å². The van der Waals surface area contributed by atoms with Crippen LogP contribution in [0.1, 0.15) is 11.5 Å². The lowest BCUT2D eigenvalue weighted by atomic mass is 10.4. The van der Waals surface area contributed by atoms with Crippen molar-refractivity contribution in [2.75, 3.05) is 0 Å². The molecule has 0 bridgehead atoms. The van der Waals surface area contributed by atoms with Crippen LogP contribution in [0.25, 0.3) is 0 Å². The largest absolute Gasteiger partial charge is 0.542 e. The Morgan fingerprint density at radius 2 is 2.05 bits per heavy atom. The average molecular weight is 419 g/mol. The van der Waals surface area contributed by atoms with Crippen molar-refractivity contribution in [3.63, 3.8) is 0 Å². The van der Waals surface area contributed by atoms with Gasteiger partial charge in [-0.05, 0) is 18.4 Å². The fourth-order valence-corrected chi connectivity index (χ4v) is 4.73. The first-order chi connectivity index (χ1) is 9.21. The zero-order valence-electron chi connectivity index (χ0n) is 10.3. The van der Waals surface area contributed by atoms with Crippen molar-refractivity contribution >= 4 is 17.3 Å². The molecule has 110 valence electrons. The van der Waals surface area contributed by atoms with Crippen LogP contribution in [-0.2, 0) is 4.79 Å². The van der Waals surface area contributed by atoms with Crippen LogP contribution in [0.3, 0.4) is 0 Å². The van der Waals surface area contributed by atoms with Crippen molar-refractivity contribution in [2.45, 2.75) is 20.0 Å². The van der Waals surface area contributed by atoms with E-state index in [1.807, 2.05) is 25.2 Å². The highest BCUT2D eigenvalue weighted by Crippen LogP contribution is 2.11. The second kappa shape index (κ2) is 7.07. The van der Waals surface area contributed by atoms with Crippen LogP contribution in [0.15, 0.2) is 22.0 Å². The van der Waals surface area contributed by atoms with Crippen LogP contribution in [0.5, 0.6) is 0 Å². The van der Waals surface area contributed by atoms with E-state index in [1.54, 1.807) is 0 Å². The molecule has 0 atom stereocenters. The van der Waals surface area contributed by atoms with Gasteiger partial charge in [0.15, 0.2) is 5.76 Å². The zero-order chi connectivity index (χ0) is 15.3. The summed E-state index contributed by atoms with van der Waals surface area (Å²) >= 11 is 1.74. The van der Waals surface area contributed by atoms with E-state index in [0.29, 0.717) is 0 Å². The number of hydrogen-bond donors (Lipinski definition) is 0. The Hall–Kier alpha value is -1.10. The molecule has 0 spiro atoms. The van der Waals surface area contributed by atoms with Crippen molar-refractivity contribution in [3.05, 3.63) is 35.4 Å². The van der Waals surface area contributed by atoms with Crippen molar-refractivity contribution in [3.8, 4) is 0 Å². The molecule has 0 aliphatic rings. The molecule has 0 amide bonds. The fraction of sp³-hybridized carbons (Fsp3) is 0.273. The number of aliphatic carboxylic acids is 1. The summed E-state index contributed by atoms with van der Waals surface area (Å²) in [4.78, 5) is 8.78. The Bertz CT molecular complexity index is 546. The number of nitrogens with zero attached hydrogens (tertiary/aromatic N) is 1. The number of thiophene rings is 1. The minimum Gasteiger partial charge on any atom is -0.542 e. The summed E-state index contributed by atoms with van der Waals surface area (Å²) in [6.07, 6.45) is -5.19. The lowest BCUT2D eigenvalue weighted by Crippen LogP contribution is -3.61. The van der Waals surface area contributed by atoms with Crippen LogP contribution < -0.4 is 26.3 Å². The van der Waals surface area contributed by atoms with Gasteiger partial charge in [0, 0.05) is 13.0 Å². The van der Waals surface area contributed by atoms with Gasteiger partial charge in [-0.3, -0.25) is 0 Å². The Morgan fingerprint density at radius 1 is 1.45 bits per heavy atom. The van der Waals surface area contributed by atoms with Gasteiger partial charge in [0.2, 0.25) is 2.88 Å². The second-order valence-electron chi connectivity index (χ2n) is 3.44. The van der Waals surface area contributed by atoms with Crippen LogP contribution in [0.2, 0.25) is 0 Å². The van der Waals surface area contributed by atoms with E-state index >= 15 is 0 Å². The van der Waals surface area contributed by atoms with E-state index in [-0.39, 0.29) is 21.2 Å². The van der Waals surface area contributed by atoms with Crippen molar-refractivity contribution in [1.82, 2.24) is 5.16 Å². The predicted octanol–water partition coefficient (Wildman–Crippen LogP) is -1.22. The number of alkyl halides is 3. The summed E-state index contributed by atoms with van der Waals surface area (Å²) in [6, 6.07) is 4.28. The van der Waals surface area contributed by atoms with Gasteiger partial charge in [0.25, 0.3) is 3.57 Å². The van der Waals surface area contributed by atoms with Gasteiger partial charge >= 0.3 is 27.4 Å². The van der Waals surface area contributed by atoms with Crippen LogP contribution in [-0.4, -0.2) is 17.3 Å². The summed E-state index contributed by atoms with van der Waals surface area (Å²) in [5.74, 6) is -2.02. The number of carbonyl (C=O) groups excluding carboxylic acids is 1. The smallest absolute Gasteiger partial charge is 0.430 e. The number of halogens is 4. The first-order valence-electron chi connectivity index (χ1n) is 5.11. The third-order valence-corrected chi connectivity index (χ3v) is 6.76. The summed E-state index contributed by atoms with van der Waals surface area (Å²) in [6.45, 7) is 4.00. The van der Waals surface area contributed by atoms with E-state index in [1.165, 1.54) is 6.45 Å². The molecule has 4 nitrogen and oxygen atoms in total. The molecule has 20 heavy (non-hydrogen) atoms. The van der Waals surface area contributed by atoms with Crippen LogP contribution in [0.4, 0.5) is 13.2 Å². The Labute approximate surface area is 126 Å². The lowest BCUT2D eigenvalue weighted by Gasteiger charge is -2.03. The second-order valence-corrected chi connectivity index (χ2v) is 7.90. The number of carboxylic acids is 1. The van der Waals surface area contributed by atoms with E-state index in [4.69, 9.17) is 14.4 Å². The summed E-state index contributed by atoms with van der Waals surface area (Å²) in [7, 11) is 0. The molecule has 0 N–H and O–H groups in total. The molecular formula is C11H9F3INO3S. The molecule has 0 aliphatic carbocycles. The summed E-state index contributed by atoms with van der Waals surface area (Å²) in [5, 5.41) is 14.9. The number of hydrogen-bond acceptors (Lipinski definition) is 5. The standard InChI is InChI=1S/C9H9INOS.C2HF3O2/c1-6-9(7(2)12-11-6)10-8-4-3-5-13-8;3-2(4,5)1(6)7/h3-5H,1-2H3;(H,6,7)/q+1;/p-1. The van der Waals surface area contributed by atoms with Gasteiger partial charge in [0.05, 0.1) is 0 Å². The quantitative estimate of drug-likeness (QED) is 0.573. The van der Waals surface area contributed by atoms with Crippen LogP contribution >= 0.6 is 11.3 Å². The first-order valence-corrected chi connectivity index (χ1v) is 8.15. The Balaban J connectivity index is 0.000000246. The molecule has 2 aromatic rings. The van der Waals surface area contributed by atoms with E-state index in [9.17, 15) is 13.2 Å². The summed E-state index contributed by atoms with van der Waals surface area (Å²) < 4.78 is 39.5. The minimum absolute atomic E-state index is 0.0773. The maximum Gasteiger partial charge on any atom is 0.430 e. The van der Waals surface area contributed by atoms with Gasteiger partial charge in [-0.2, -0.15) is 13.2 Å². The molecule has 2 heterocycles. The first kappa shape index (κ1) is 17.0. The number of aryl methyl sites for hydroxylation is 2. The SMILES string of the molecule is Cc1noc(C)c1[I+]c1cccs1.O=C([O-])C(F)(F)F. The normalized spacial score (nSPS) is 10.8. The van der Waals surface area contributed by atoms with Gasteiger partial charge in [-0.1, -0.05) is 16.5 Å². The molecule has 0 aliphatic heterocycles. The number of carboxylic acid groups (broad SMARTS) is 1. The fourth-order valence-electron chi connectivity index (χ4n) is 1.01. The molecule has 2 aromatic heterocycles. The van der Waals surface area contributed by atoms with Crippen molar-refractivity contribution in [1.29, 1.82) is 0 Å². The topological polar surface area (TPSA) is 66.2 Å². The third-order valence-electron chi connectivity index (χ3n) is 1.85. The molecule has 2 rings (SSSR count). The minimum atomic E-state index is -5.19. The third kappa shape index (κ3) is 5.12. The maximum atomic E-state index is 10.5. The predicted molar refractivity (Wildman–Crippen MR) is 58.8 cm³/mol. The monoisotopic (exact) mass is 419 g/mol. The van der Waals surface area contributed by atoms with E-state index in [0.717, 1.165) is 11.5 Å². The highest BCUT2D eigenvalue weighted by Gasteiger charge is 2.29. The highest BCUT2D eigenvalue weighted by atomic mass is 127. The molecule has 0 fully saturated rings. The molecular weight excluding hydrogens is 410 g/mol. The average Bonchev–Trinajstić information content (AvgIpc) is 2.94. The van der Waals surface area contributed by atoms with Gasteiger partial charge in [-0.15, -0.1) is 0 Å². The molecule has 0 unspecified atom stereocenters. The molecule has 9 heteroatoms. The van der Waals surface area contributed by atoms with Gasteiger partial charge in [0.1, 0.15) is 11.7 Å². The number of aromatic nitrogens is 1.